The Hall–Kier alpha value is -3.61. The molecule has 0 unspecified atom stereocenters. The van der Waals surface area contributed by atoms with Gasteiger partial charge in [0, 0.05) is 17.7 Å². The number of primary amides is 1. The van der Waals surface area contributed by atoms with Crippen LogP contribution in [0.5, 0.6) is 11.5 Å². The minimum absolute atomic E-state index is 0.0818. The Morgan fingerprint density at radius 1 is 0.967 bits per heavy atom. The van der Waals surface area contributed by atoms with Crippen LogP contribution in [-0.4, -0.2) is 29.9 Å². The normalized spacial score (nSPS) is 10.8. The molecule has 156 valence electrons. The van der Waals surface area contributed by atoms with E-state index in [4.69, 9.17) is 15.2 Å². The molecule has 1 heterocycles. The Labute approximate surface area is 175 Å². The van der Waals surface area contributed by atoms with E-state index in [0.29, 0.717) is 34.9 Å². The fourth-order valence-corrected chi connectivity index (χ4v) is 3.26. The Morgan fingerprint density at radius 2 is 1.47 bits per heavy atom. The van der Waals surface area contributed by atoms with Crippen LogP contribution in [0.2, 0.25) is 0 Å². The Kier molecular flexibility index (Phi) is 6.20. The molecule has 1 aromatic heterocycles. The first-order valence-electron chi connectivity index (χ1n) is 9.59. The maximum absolute atomic E-state index is 13.1. The predicted octanol–water partition coefficient (Wildman–Crippen LogP) is 3.35. The maximum atomic E-state index is 13.1. The fourth-order valence-electron chi connectivity index (χ4n) is 3.26. The standard InChI is InChI=1S/C23H25N3O4/c1-14(2)13-26-23(28)20(22(24)27)19(15-5-9-17(29-3)10-6-15)21(25-26)16-7-11-18(30-4)12-8-16/h5-12,14H,13H2,1-4H3,(H2,24,27). The van der Waals surface area contributed by atoms with Crippen molar-refractivity contribution in [3.8, 4) is 33.9 Å². The number of methoxy groups -OCH3 is 2. The average molecular weight is 407 g/mol. The zero-order valence-electron chi connectivity index (χ0n) is 17.5. The van der Waals surface area contributed by atoms with Crippen LogP contribution in [0.15, 0.2) is 53.3 Å². The van der Waals surface area contributed by atoms with E-state index >= 15 is 0 Å². The molecule has 0 atom stereocenters. The fraction of sp³-hybridized carbons (Fsp3) is 0.261. The van der Waals surface area contributed by atoms with E-state index in [-0.39, 0.29) is 11.5 Å². The number of hydrogen-bond acceptors (Lipinski definition) is 5. The van der Waals surface area contributed by atoms with Crippen molar-refractivity contribution < 1.29 is 14.3 Å². The summed E-state index contributed by atoms with van der Waals surface area (Å²) in [5.74, 6) is 0.717. The molecular weight excluding hydrogens is 382 g/mol. The first kappa shape index (κ1) is 21.1. The molecule has 0 fully saturated rings. The number of nitrogens with two attached hydrogens (primary N) is 1. The average Bonchev–Trinajstić information content (AvgIpc) is 2.74. The third-order valence-electron chi connectivity index (χ3n) is 4.68. The summed E-state index contributed by atoms with van der Waals surface area (Å²) in [4.78, 5) is 25.5. The summed E-state index contributed by atoms with van der Waals surface area (Å²) in [5, 5.41) is 4.62. The van der Waals surface area contributed by atoms with Crippen LogP contribution in [-0.2, 0) is 6.54 Å². The molecule has 0 aliphatic heterocycles. The summed E-state index contributed by atoms with van der Waals surface area (Å²) < 4.78 is 11.8. The van der Waals surface area contributed by atoms with Crippen LogP contribution in [0.1, 0.15) is 24.2 Å². The van der Waals surface area contributed by atoms with Crippen LogP contribution in [0.3, 0.4) is 0 Å². The van der Waals surface area contributed by atoms with Gasteiger partial charge in [0.15, 0.2) is 0 Å². The number of aromatic nitrogens is 2. The quantitative estimate of drug-likeness (QED) is 0.648. The van der Waals surface area contributed by atoms with Gasteiger partial charge in [-0.2, -0.15) is 5.10 Å². The first-order chi connectivity index (χ1) is 14.3. The van der Waals surface area contributed by atoms with E-state index < -0.39 is 11.5 Å². The number of benzene rings is 2. The summed E-state index contributed by atoms with van der Waals surface area (Å²) in [6.07, 6.45) is 0. The molecule has 3 rings (SSSR count). The van der Waals surface area contributed by atoms with Gasteiger partial charge in [-0.1, -0.05) is 26.0 Å². The van der Waals surface area contributed by atoms with E-state index in [9.17, 15) is 9.59 Å². The van der Waals surface area contributed by atoms with Crippen LogP contribution in [0.25, 0.3) is 22.4 Å². The maximum Gasteiger partial charge on any atom is 0.280 e. The Morgan fingerprint density at radius 3 is 1.90 bits per heavy atom. The second-order valence-electron chi connectivity index (χ2n) is 7.30. The Bertz CT molecular complexity index is 1100. The summed E-state index contributed by atoms with van der Waals surface area (Å²) in [6, 6.07) is 14.4. The molecule has 3 aromatic rings. The summed E-state index contributed by atoms with van der Waals surface area (Å²) in [6.45, 7) is 4.32. The van der Waals surface area contributed by atoms with Crippen molar-refractivity contribution >= 4 is 5.91 Å². The number of amides is 1. The smallest absolute Gasteiger partial charge is 0.280 e. The monoisotopic (exact) mass is 407 g/mol. The lowest BCUT2D eigenvalue weighted by molar-refractivity contribution is 0.0998. The molecule has 2 aromatic carbocycles. The molecule has 0 aliphatic rings. The minimum Gasteiger partial charge on any atom is -0.497 e. The lowest BCUT2D eigenvalue weighted by Crippen LogP contribution is -2.34. The SMILES string of the molecule is COc1ccc(-c2nn(CC(C)C)c(=O)c(C(N)=O)c2-c2ccc(OC)cc2)cc1. The van der Waals surface area contributed by atoms with Gasteiger partial charge in [-0.3, -0.25) is 9.59 Å². The van der Waals surface area contributed by atoms with Gasteiger partial charge in [0.2, 0.25) is 0 Å². The molecular formula is C23H25N3O4. The summed E-state index contributed by atoms with van der Waals surface area (Å²) in [7, 11) is 3.16. The molecule has 2 N–H and O–H groups in total. The van der Waals surface area contributed by atoms with Gasteiger partial charge in [0.05, 0.1) is 19.9 Å². The number of ether oxygens (including phenoxy) is 2. The number of nitrogens with zero attached hydrogens (tertiary/aromatic N) is 2. The van der Waals surface area contributed by atoms with Gasteiger partial charge in [-0.05, 0) is 47.9 Å². The van der Waals surface area contributed by atoms with E-state index in [1.54, 1.807) is 50.6 Å². The lowest BCUT2D eigenvalue weighted by atomic mass is 9.95. The van der Waals surface area contributed by atoms with Crippen LogP contribution in [0, 0.1) is 5.92 Å². The molecule has 0 saturated carbocycles. The zero-order chi connectivity index (χ0) is 21.8. The molecule has 0 spiro atoms. The van der Waals surface area contributed by atoms with Crippen molar-refractivity contribution in [2.45, 2.75) is 20.4 Å². The van der Waals surface area contributed by atoms with Crippen molar-refractivity contribution in [1.29, 1.82) is 0 Å². The number of hydrogen-bond donors (Lipinski definition) is 1. The van der Waals surface area contributed by atoms with Gasteiger partial charge in [-0.25, -0.2) is 4.68 Å². The molecule has 0 bridgehead atoms. The third-order valence-corrected chi connectivity index (χ3v) is 4.68. The largest absolute Gasteiger partial charge is 0.497 e. The topological polar surface area (TPSA) is 96.4 Å². The van der Waals surface area contributed by atoms with Crippen LogP contribution >= 0.6 is 0 Å². The molecule has 7 heteroatoms. The van der Waals surface area contributed by atoms with Gasteiger partial charge < -0.3 is 15.2 Å². The van der Waals surface area contributed by atoms with Crippen LogP contribution < -0.4 is 20.8 Å². The van der Waals surface area contributed by atoms with Gasteiger partial charge in [0.25, 0.3) is 11.5 Å². The van der Waals surface area contributed by atoms with E-state index in [2.05, 4.69) is 5.10 Å². The third kappa shape index (κ3) is 4.20. The Balaban J connectivity index is 2.36. The number of rotatable bonds is 7. The predicted molar refractivity (Wildman–Crippen MR) is 116 cm³/mol. The summed E-state index contributed by atoms with van der Waals surface area (Å²) >= 11 is 0. The molecule has 0 aliphatic carbocycles. The van der Waals surface area contributed by atoms with Gasteiger partial charge in [-0.15, -0.1) is 0 Å². The second-order valence-corrected chi connectivity index (χ2v) is 7.30. The highest BCUT2D eigenvalue weighted by molar-refractivity contribution is 6.02. The number of carbonyl (C=O) groups is 1. The second kappa shape index (κ2) is 8.82. The van der Waals surface area contributed by atoms with Crippen molar-refractivity contribution in [2.24, 2.45) is 11.7 Å². The highest BCUT2D eigenvalue weighted by atomic mass is 16.5. The molecule has 1 amide bonds. The molecule has 7 nitrogen and oxygen atoms in total. The van der Waals surface area contributed by atoms with E-state index in [0.717, 1.165) is 5.56 Å². The van der Waals surface area contributed by atoms with Crippen molar-refractivity contribution in [3.63, 3.8) is 0 Å². The van der Waals surface area contributed by atoms with Gasteiger partial charge in [0.1, 0.15) is 17.1 Å². The zero-order valence-corrected chi connectivity index (χ0v) is 17.5. The van der Waals surface area contributed by atoms with Crippen molar-refractivity contribution in [3.05, 3.63) is 64.4 Å². The summed E-state index contributed by atoms with van der Waals surface area (Å²) in [5.41, 5.74) is 7.38. The highest BCUT2D eigenvalue weighted by Gasteiger charge is 2.24. The highest BCUT2D eigenvalue weighted by Crippen LogP contribution is 2.33. The van der Waals surface area contributed by atoms with Gasteiger partial charge >= 0.3 is 0 Å². The van der Waals surface area contributed by atoms with Crippen molar-refractivity contribution in [2.75, 3.05) is 14.2 Å². The molecule has 0 radical (unpaired) electrons. The van der Waals surface area contributed by atoms with Crippen LogP contribution in [0.4, 0.5) is 0 Å². The van der Waals surface area contributed by atoms with E-state index in [1.165, 1.54) is 4.68 Å². The lowest BCUT2D eigenvalue weighted by Gasteiger charge is -2.17. The van der Waals surface area contributed by atoms with Crippen molar-refractivity contribution in [1.82, 2.24) is 9.78 Å². The van der Waals surface area contributed by atoms with E-state index in [1.807, 2.05) is 26.0 Å². The minimum atomic E-state index is -0.791. The number of carbonyl (C=O) groups excluding carboxylic acids is 1. The molecule has 30 heavy (non-hydrogen) atoms. The molecule has 0 saturated heterocycles. The first-order valence-corrected chi connectivity index (χ1v) is 9.59.